The first-order valence-electron chi connectivity index (χ1n) is 11.7. The normalized spacial score (nSPS) is 17.5. The van der Waals surface area contributed by atoms with Crippen LogP contribution in [0.4, 0.5) is 0 Å². The fourth-order valence-electron chi connectivity index (χ4n) is 4.75. The van der Waals surface area contributed by atoms with Gasteiger partial charge in [-0.1, -0.05) is 119 Å². The van der Waals surface area contributed by atoms with Crippen LogP contribution >= 0.6 is 0 Å². The maximum atomic E-state index is 12.1. The molecule has 0 aliphatic carbocycles. The third-order valence-corrected chi connectivity index (χ3v) is 6.38. The molecule has 29 heavy (non-hydrogen) atoms. The van der Waals surface area contributed by atoms with Gasteiger partial charge in [0.25, 0.3) is 0 Å². The summed E-state index contributed by atoms with van der Waals surface area (Å²) >= 11 is 0. The van der Waals surface area contributed by atoms with Gasteiger partial charge in [-0.3, -0.25) is 0 Å². The zero-order valence-corrected chi connectivity index (χ0v) is 18.1. The van der Waals surface area contributed by atoms with E-state index in [4.69, 9.17) is 0 Å². The molecule has 0 aromatic heterocycles. The van der Waals surface area contributed by atoms with Crippen molar-refractivity contribution >= 4 is 7.41 Å². The number of hydrogen-bond acceptors (Lipinski definition) is 2. The Labute approximate surface area is 178 Å². The van der Waals surface area contributed by atoms with Gasteiger partial charge in [-0.2, -0.15) is 0 Å². The van der Waals surface area contributed by atoms with Crippen molar-refractivity contribution in [2.24, 2.45) is 0 Å². The number of nitrogens with zero attached hydrogens (tertiary/aromatic N) is 1. The number of benzene rings is 2. The van der Waals surface area contributed by atoms with Crippen LogP contribution in [0.5, 0.6) is 0 Å². The van der Waals surface area contributed by atoms with Crippen molar-refractivity contribution in [2.75, 3.05) is 6.54 Å². The summed E-state index contributed by atoms with van der Waals surface area (Å²) in [5.74, 6) is 0. The van der Waals surface area contributed by atoms with E-state index in [9.17, 15) is 5.11 Å². The molecule has 3 rings (SSSR count). The van der Waals surface area contributed by atoms with Gasteiger partial charge in [-0.05, 0) is 30.5 Å². The van der Waals surface area contributed by atoms with Crippen LogP contribution in [0, 0.1) is 0 Å². The minimum atomic E-state index is -0.977. The van der Waals surface area contributed by atoms with E-state index in [2.05, 4.69) is 43.4 Å². The largest absolute Gasteiger partial charge is 0.379 e. The fraction of sp³-hybridized carbons (Fsp3) is 0.538. The highest BCUT2D eigenvalue weighted by atomic mass is 16.3. The maximum Gasteiger partial charge on any atom is 0.208 e. The Balaban J connectivity index is 1.63. The second-order valence-electron chi connectivity index (χ2n) is 8.49. The summed E-state index contributed by atoms with van der Waals surface area (Å²) in [5, 5.41) is 12.1. The van der Waals surface area contributed by atoms with Crippen molar-refractivity contribution in [1.29, 1.82) is 0 Å². The molecule has 0 saturated carbocycles. The standard InChI is InChI=1S/C26H37BNO/c1-2-3-4-5-6-7-14-21-27-28-22-15-20-25(28)26(29,23-16-10-8-11-17-23)24-18-12-9-13-19-24/h8-13,16-19,25,29H,2-7,14-15,20-22H2,1H3. The summed E-state index contributed by atoms with van der Waals surface area (Å²) in [6, 6.07) is 20.5. The smallest absolute Gasteiger partial charge is 0.208 e. The molecule has 2 nitrogen and oxygen atoms in total. The molecule has 1 fully saturated rings. The van der Waals surface area contributed by atoms with Crippen LogP contribution in [0.2, 0.25) is 6.32 Å². The molecule has 1 atom stereocenters. The van der Waals surface area contributed by atoms with Gasteiger partial charge in [-0.25, -0.2) is 0 Å². The van der Waals surface area contributed by atoms with E-state index in [1.54, 1.807) is 0 Å². The third kappa shape index (κ3) is 5.74. The van der Waals surface area contributed by atoms with E-state index in [1.807, 2.05) is 36.4 Å². The molecule has 0 bridgehead atoms. The lowest BCUT2D eigenvalue weighted by atomic mass is 9.74. The van der Waals surface area contributed by atoms with Crippen molar-refractivity contribution < 1.29 is 5.11 Å². The van der Waals surface area contributed by atoms with Gasteiger partial charge in [0.2, 0.25) is 7.41 Å². The fourth-order valence-corrected chi connectivity index (χ4v) is 4.75. The topological polar surface area (TPSA) is 23.5 Å². The summed E-state index contributed by atoms with van der Waals surface area (Å²) < 4.78 is 0. The molecule has 155 valence electrons. The van der Waals surface area contributed by atoms with Gasteiger partial charge in [0.05, 0.1) is 0 Å². The van der Waals surface area contributed by atoms with Gasteiger partial charge in [0.15, 0.2) is 0 Å². The highest BCUT2D eigenvalue weighted by Crippen LogP contribution is 2.40. The first-order valence-corrected chi connectivity index (χ1v) is 11.7. The monoisotopic (exact) mass is 390 g/mol. The van der Waals surface area contributed by atoms with Gasteiger partial charge in [0, 0.05) is 6.04 Å². The maximum absolute atomic E-state index is 12.1. The summed E-state index contributed by atoms with van der Waals surface area (Å²) in [7, 11) is 2.38. The van der Waals surface area contributed by atoms with Crippen LogP contribution in [0.1, 0.15) is 75.8 Å². The molecule has 0 amide bonds. The molecule has 0 spiro atoms. The lowest BCUT2D eigenvalue weighted by Crippen LogP contribution is -2.49. The van der Waals surface area contributed by atoms with Crippen molar-refractivity contribution in [3.05, 3.63) is 71.8 Å². The lowest BCUT2D eigenvalue weighted by molar-refractivity contribution is 0.0197. The minimum absolute atomic E-state index is 0.0943. The van der Waals surface area contributed by atoms with Gasteiger partial charge in [0.1, 0.15) is 5.60 Å². The molecule has 3 heteroatoms. The molecule has 1 heterocycles. The van der Waals surface area contributed by atoms with Crippen LogP contribution in [-0.2, 0) is 5.60 Å². The SMILES string of the molecule is CCCCCCCCC[B]N1CCCC1C(O)(c1ccccc1)c1ccccc1. The molecule has 2 aromatic rings. The van der Waals surface area contributed by atoms with Crippen LogP contribution in [-0.4, -0.2) is 29.9 Å². The van der Waals surface area contributed by atoms with E-state index >= 15 is 0 Å². The Kier molecular flexibility index (Phi) is 8.82. The second-order valence-corrected chi connectivity index (χ2v) is 8.49. The zero-order chi connectivity index (χ0) is 20.4. The van der Waals surface area contributed by atoms with Gasteiger partial charge < -0.3 is 9.92 Å². The van der Waals surface area contributed by atoms with Crippen LogP contribution in [0.25, 0.3) is 0 Å². The zero-order valence-electron chi connectivity index (χ0n) is 18.1. The minimum Gasteiger partial charge on any atom is -0.379 e. The van der Waals surface area contributed by atoms with E-state index in [1.165, 1.54) is 44.9 Å². The van der Waals surface area contributed by atoms with E-state index < -0.39 is 5.60 Å². The molecule has 2 aromatic carbocycles. The molecular weight excluding hydrogens is 353 g/mol. The molecule has 1 unspecified atom stereocenters. The summed E-state index contributed by atoms with van der Waals surface area (Å²) in [4.78, 5) is 2.43. The third-order valence-electron chi connectivity index (χ3n) is 6.38. The lowest BCUT2D eigenvalue weighted by Gasteiger charge is -2.40. The Morgan fingerprint density at radius 1 is 0.862 bits per heavy atom. The van der Waals surface area contributed by atoms with Crippen molar-refractivity contribution in [3.8, 4) is 0 Å². The summed E-state index contributed by atoms with van der Waals surface area (Å²) in [5.41, 5.74) is 1.01. The van der Waals surface area contributed by atoms with Crippen LogP contribution < -0.4 is 0 Å². The second kappa shape index (κ2) is 11.6. The number of aliphatic hydroxyl groups is 1. The predicted molar refractivity (Wildman–Crippen MR) is 124 cm³/mol. The van der Waals surface area contributed by atoms with Gasteiger partial charge in [-0.15, -0.1) is 0 Å². The van der Waals surface area contributed by atoms with Crippen LogP contribution in [0.15, 0.2) is 60.7 Å². The van der Waals surface area contributed by atoms with Crippen molar-refractivity contribution in [3.63, 3.8) is 0 Å². The average molecular weight is 390 g/mol. The van der Waals surface area contributed by atoms with E-state index in [-0.39, 0.29) is 6.04 Å². The number of unbranched alkanes of at least 4 members (excludes halogenated alkanes) is 6. The van der Waals surface area contributed by atoms with E-state index in [0.29, 0.717) is 0 Å². The first-order chi connectivity index (χ1) is 14.3. The Hall–Kier alpha value is -1.58. The van der Waals surface area contributed by atoms with Gasteiger partial charge >= 0.3 is 0 Å². The average Bonchev–Trinajstić information content (AvgIpc) is 3.25. The van der Waals surface area contributed by atoms with Crippen molar-refractivity contribution in [1.82, 2.24) is 4.81 Å². The Morgan fingerprint density at radius 3 is 2.00 bits per heavy atom. The molecule has 1 aliphatic rings. The summed E-state index contributed by atoms with van der Waals surface area (Å²) in [6.45, 7) is 3.32. The molecule has 1 radical (unpaired) electrons. The van der Waals surface area contributed by atoms with E-state index in [0.717, 1.165) is 36.8 Å². The van der Waals surface area contributed by atoms with Crippen LogP contribution in [0.3, 0.4) is 0 Å². The quantitative estimate of drug-likeness (QED) is 0.346. The number of hydrogen-bond donors (Lipinski definition) is 1. The number of rotatable bonds is 12. The molecular formula is C26H37BNO. The molecule has 1 N–H and O–H groups in total. The molecule has 1 aliphatic heterocycles. The predicted octanol–water partition coefficient (Wildman–Crippen LogP) is 6.18. The first kappa shape index (κ1) is 22.1. The highest BCUT2D eigenvalue weighted by molar-refractivity contribution is 6.32. The Morgan fingerprint density at radius 2 is 1.41 bits per heavy atom. The van der Waals surface area contributed by atoms with Crippen molar-refractivity contribution in [2.45, 2.75) is 82.7 Å². The molecule has 1 saturated heterocycles. The summed E-state index contributed by atoms with van der Waals surface area (Å²) in [6.07, 6.45) is 12.7. The Bertz CT molecular complexity index is 651. The highest BCUT2D eigenvalue weighted by Gasteiger charge is 2.44.